The minimum Gasteiger partial charge on any atom is -0.481 e. The number of unbranched alkanes of at least 4 members (excludes halogenated alkanes) is 2. The minimum atomic E-state index is -0.802. The molecule has 2 aromatic rings. The van der Waals surface area contributed by atoms with Crippen LogP contribution in [0.4, 0.5) is 4.79 Å². The van der Waals surface area contributed by atoms with Crippen molar-refractivity contribution in [2.24, 2.45) is 0 Å². The number of amides is 2. The molecule has 176 valence electrons. The second kappa shape index (κ2) is 12.0. The van der Waals surface area contributed by atoms with Gasteiger partial charge >= 0.3 is 12.1 Å². The fourth-order valence-corrected chi connectivity index (χ4v) is 4.21. The highest BCUT2D eigenvalue weighted by Gasteiger charge is 2.29. The van der Waals surface area contributed by atoms with E-state index in [0.29, 0.717) is 19.4 Å². The fraction of sp³-hybridized carbons (Fsp3) is 0.423. The Hall–Kier alpha value is -3.35. The topological polar surface area (TPSA) is 105 Å². The maximum atomic E-state index is 12.4. The maximum absolute atomic E-state index is 12.4. The predicted octanol–water partition coefficient (Wildman–Crippen LogP) is 4.46. The molecular formula is C26H32N2O5. The molecule has 3 rings (SSSR count). The van der Waals surface area contributed by atoms with Crippen molar-refractivity contribution in [1.82, 2.24) is 10.6 Å². The molecule has 1 aliphatic rings. The molecule has 1 aliphatic carbocycles. The Morgan fingerprint density at radius 2 is 1.61 bits per heavy atom. The number of ether oxygens (including phenoxy) is 1. The number of hydrogen-bond donors (Lipinski definition) is 3. The molecule has 0 saturated carbocycles. The van der Waals surface area contributed by atoms with Crippen LogP contribution in [0.15, 0.2) is 48.5 Å². The van der Waals surface area contributed by atoms with Crippen molar-refractivity contribution >= 4 is 18.0 Å². The molecule has 1 atom stereocenters. The molecular weight excluding hydrogens is 420 g/mol. The van der Waals surface area contributed by atoms with E-state index in [-0.39, 0.29) is 37.3 Å². The van der Waals surface area contributed by atoms with E-state index in [4.69, 9.17) is 9.84 Å². The number of nitrogens with one attached hydrogen (secondary N) is 2. The molecule has 2 amide bonds. The van der Waals surface area contributed by atoms with Crippen molar-refractivity contribution in [3.63, 3.8) is 0 Å². The van der Waals surface area contributed by atoms with Crippen LogP contribution in [0.3, 0.4) is 0 Å². The molecule has 0 radical (unpaired) electrons. The van der Waals surface area contributed by atoms with Gasteiger partial charge < -0.3 is 20.5 Å². The van der Waals surface area contributed by atoms with Crippen LogP contribution in [0.1, 0.15) is 62.5 Å². The molecule has 0 heterocycles. The van der Waals surface area contributed by atoms with Gasteiger partial charge in [0, 0.05) is 31.3 Å². The van der Waals surface area contributed by atoms with Crippen molar-refractivity contribution in [3.8, 4) is 11.1 Å². The van der Waals surface area contributed by atoms with Gasteiger partial charge in [-0.1, -0.05) is 61.9 Å². The summed E-state index contributed by atoms with van der Waals surface area (Å²) in [6, 6.07) is 16.0. The Bertz CT molecular complexity index is 929. The quantitative estimate of drug-likeness (QED) is 0.413. The number of rotatable bonds is 12. The van der Waals surface area contributed by atoms with Crippen molar-refractivity contribution in [1.29, 1.82) is 0 Å². The summed E-state index contributed by atoms with van der Waals surface area (Å²) in [4.78, 5) is 35.1. The van der Waals surface area contributed by atoms with Gasteiger partial charge in [-0.05, 0) is 41.5 Å². The van der Waals surface area contributed by atoms with E-state index in [1.54, 1.807) is 0 Å². The molecule has 0 saturated heterocycles. The van der Waals surface area contributed by atoms with Gasteiger partial charge in [-0.15, -0.1) is 0 Å². The van der Waals surface area contributed by atoms with Crippen LogP contribution in [0, 0.1) is 0 Å². The molecule has 3 N–H and O–H groups in total. The largest absolute Gasteiger partial charge is 0.481 e. The fourth-order valence-electron chi connectivity index (χ4n) is 4.21. The zero-order valence-corrected chi connectivity index (χ0v) is 19.0. The number of carboxylic acid groups (broad SMARTS) is 1. The van der Waals surface area contributed by atoms with Gasteiger partial charge in [0.2, 0.25) is 5.91 Å². The van der Waals surface area contributed by atoms with E-state index in [1.165, 1.54) is 11.1 Å². The molecule has 33 heavy (non-hydrogen) atoms. The summed E-state index contributed by atoms with van der Waals surface area (Å²) in [6.07, 6.45) is 2.50. The van der Waals surface area contributed by atoms with Crippen molar-refractivity contribution in [2.45, 2.75) is 57.4 Å². The lowest BCUT2D eigenvalue weighted by molar-refractivity contribution is -0.137. The van der Waals surface area contributed by atoms with Gasteiger partial charge in [0.15, 0.2) is 0 Å². The summed E-state index contributed by atoms with van der Waals surface area (Å²) >= 11 is 0. The second-order valence-electron chi connectivity index (χ2n) is 8.33. The van der Waals surface area contributed by atoms with E-state index in [2.05, 4.69) is 34.9 Å². The molecule has 0 spiro atoms. The summed E-state index contributed by atoms with van der Waals surface area (Å²) in [6.45, 7) is 2.65. The summed E-state index contributed by atoms with van der Waals surface area (Å²) < 4.78 is 5.57. The van der Waals surface area contributed by atoms with E-state index in [0.717, 1.165) is 24.0 Å². The minimum absolute atomic E-state index is 0.00680. The lowest BCUT2D eigenvalue weighted by Crippen LogP contribution is -2.39. The van der Waals surface area contributed by atoms with Gasteiger partial charge in [0.25, 0.3) is 0 Å². The molecule has 7 nitrogen and oxygen atoms in total. The van der Waals surface area contributed by atoms with Gasteiger partial charge in [0.05, 0.1) is 0 Å². The van der Waals surface area contributed by atoms with Crippen molar-refractivity contribution in [3.05, 3.63) is 59.7 Å². The number of alkyl carbamates (subject to hydrolysis) is 1. The van der Waals surface area contributed by atoms with Crippen LogP contribution in [-0.2, 0) is 14.3 Å². The van der Waals surface area contributed by atoms with E-state index in [9.17, 15) is 14.4 Å². The lowest BCUT2D eigenvalue weighted by Gasteiger charge is -2.19. The maximum Gasteiger partial charge on any atom is 0.407 e. The molecule has 0 aliphatic heterocycles. The van der Waals surface area contributed by atoms with Crippen LogP contribution in [0.5, 0.6) is 0 Å². The van der Waals surface area contributed by atoms with Gasteiger partial charge in [-0.25, -0.2) is 4.79 Å². The van der Waals surface area contributed by atoms with Crippen LogP contribution in [0.2, 0.25) is 0 Å². The van der Waals surface area contributed by atoms with Crippen molar-refractivity contribution in [2.75, 3.05) is 13.2 Å². The second-order valence-corrected chi connectivity index (χ2v) is 8.33. The average Bonchev–Trinajstić information content (AvgIpc) is 3.13. The average molecular weight is 453 g/mol. The van der Waals surface area contributed by atoms with E-state index < -0.39 is 12.1 Å². The smallest absolute Gasteiger partial charge is 0.407 e. The molecule has 0 unspecified atom stereocenters. The summed E-state index contributed by atoms with van der Waals surface area (Å²) in [5.41, 5.74) is 4.66. The summed E-state index contributed by atoms with van der Waals surface area (Å²) in [7, 11) is 0. The third-order valence-corrected chi connectivity index (χ3v) is 5.98. The Morgan fingerprint density at radius 3 is 2.21 bits per heavy atom. The summed E-state index contributed by atoms with van der Waals surface area (Å²) in [5.74, 6) is -0.948. The van der Waals surface area contributed by atoms with Gasteiger partial charge in [-0.3, -0.25) is 9.59 Å². The molecule has 0 aromatic heterocycles. The number of carboxylic acids is 1. The third-order valence-electron chi connectivity index (χ3n) is 5.98. The van der Waals surface area contributed by atoms with E-state index >= 15 is 0 Å². The molecule has 2 aromatic carbocycles. The number of benzene rings is 2. The third kappa shape index (κ3) is 6.81. The Labute approximate surface area is 194 Å². The highest BCUT2D eigenvalue weighted by molar-refractivity contribution is 5.79. The SMILES string of the molecule is CC[C@H](CC(=O)NCCCCCC(=O)O)NC(=O)OCC1c2ccccc2-c2ccccc21. The first-order valence-electron chi connectivity index (χ1n) is 11.6. The standard InChI is InChI=1S/C26H32N2O5/c1-2-18(16-24(29)27-15-9-3-4-14-25(30)31)28-26(32)33-17-23-21-12-7-5-10-19(21)20-11-6-8-13-22(20)23/h5-8,10-13,18,23H,2-4,9,14-17H2,1H3,(H,27,29)(H,28,32)(H,30,31)/t18-/m1/s1. The number of carbonyl (C=O) groups is 3. The van der Waals surface area contributed by atoms with Gasteiger partial charge in [-0.2, -0.15) is 0 Å². The first kappa shape index (κ1) is 24.3. The zero-order valence-electron chi connectivity index (χ0n) is 19.0. The Morgan fingerprint density at radius 1 is 0.970 bits per heavy atom. The lowest BCUT2D eigenvalue weighted by atomic mass is 9.98. The molecule has 0 fully saturated rings. The normalized spacial score (nSPS) is 13.0. The first-order chi connectivity index (χ1) is 16.0. The van der Waals surface area contributed by atoms with E-state index in [1.807, 2.05) is 31.2 Å². The predicted molar refractivity (Wildman–Crippen MR) is 126 cm³/mol. The van der Waals surface area contributed by atoms with Crippen LogP contribution in [0.25, 0.3) is 11.1 Å². The first-order valence-corrected chi connectivity index (χ1v) is 11.6. The number of aliphatic carboxylic acids is 1. The van der Waals surface area contributed by atoms with Crippen LogP contribution in [-0.4, -0.2) is 42.3 Å². The Balaban J connectivity index is 1.43. The highest BCUT2D eigenvalue weighted by Crippen LogP contribution is 2.44. The molecule has 0 bridgehead atoms. The Kier molecular flexibility index (Phi) is 8.87. The van der Waals surface area contributed by atoms with Gasteiger partial charge in [0.1, 0.15) is 6.61 Å². The summed E-state index contributed by atoms with van der Waals surface area (Å²) in [5, 5.41) is 14.3. The van der Waals surface area contributed by atoms with Crippen LogP contribution < -0.4 is 10.6 Å². The van der Waals surface area contributed by atoms with Crippen molar-refractivity contribution < 1.29 is 24.2 Å². The molecule has 7 heteroatoms. The number of carbonyl (C=O) groups excluding carboxylic acids is 2. The number of fused-ring (bicyclic) bond motifs is 3. The monoisotopic (exact) mass is 452 g/mol. The highest BCUT2D eigenvalue weighted by atomic mass is 16.5. The number of hydrogen-bond acceptors (Lipinski definition) is 4. The van der Waals surface area contributed by atoms with Crippen LogP contribution >= 0.6 is 0 Å². The zero-order chi connectivity index (χ0) is 23.6.